The monoisotopic (exact) mass is 369 g/mol. The molecule has 5 aliphatic rings. The molecule has 1 aromatic carbocycles. The van der Waals surface area contributed by atoms with Gasteiger partial charge in [0.15, 0.2) is 0 Å². The summed E-state index contributed by atoms with van der Waals surface area (Å²) < 4.78 is 0. The minimum atomic E-state index is -0.457. The van der Waals surface area contributed by atoms with Crippen LogP contribution in [0.4, 0.5) is 5.69 Å². The number of nitrogens with zero attached hydrogens (tertiary/aromatic N) is 2. The third kappa shape index (κ3) is 2.66. The Hall–Kier alpha value is -1.43. The Morgan fingerprint density at radius 3 is 2.33 bits per heavy atom. The number of carbonyl (C=O) groups excluding carboxylic acids is 1. The van der Waals surface area contributed by atoms with Crippen LogP contribution in [-0.2, 0) is 11.3 Å². The summed E-state index contributed by atoms with van der Waals surface area (Å²) in [6.07, 6.45) is 6.69. The first-order chi connectivity index (χ1) is 12.8. The number of hydroxylamine groups is 1. The lowest BCUT2D eigenvalue weighted by atomic mass is 9.53. The molecule has 4 saturated carbocycles. The fraction of sp³-hybridized carbons (Fsp3) is 0.682. The van der Waals surface area contributed by atoms with Gasteiger partial charge in [-0.05, 0) is 81.3 Å². The molecule has 1 N–H and O–H groups in total. The summed E-state index contributed by atoms with van der Waals surface area (Å²) in [5.74, 6) is 3.48. The van der Waals surface area contributed by atoms with E-state index in [0.29, 0.717) is 24.4 Å². The molecule has 4 aliphatic carbocycles. The van der Waals surface area contributed by atoms with Crippen LogP contribution in [0, 0.1) is 28.9 Å². The Morgan fingerprint density at radius 2 is 1.74 bits per heavy atom. The highest BCUT2D eigenvalue weighted by molar-refractivity contribution is 5.90. The van der Waals surface area contributed by atoms with Crippen LogP contribution in [0.15, 0.2) is 24.3 Å². The zero-order valence-electron chi connectivity index (χ0n) is 16.6. The highest BCUT2D eigenvalue weighted by Gasteiger charge is 2.60. The highest BCUT2D eigenvalue weighted by atomic mass is 16.5. The Bertz CT molecular complexity index is 732. The van der Waals surface area contributed by atoms with E-state index in [-0.39, 0.29) is 11.0 Å². The van der Waals surface area contributed by atoms with E-state index < -0.39 is 5.54 Å². The summed E-state index contributed by atoms with van der Waals surface area (Å²) in [4.78, 5) is 13.1. The van der Waals surface area contributed by atoms with E-state index in [4.69, 9.17) is 0 Å². The van der Waals surface area contributed by atoms with Gasteiger partial charge in [0.1, 0.15) is 11.2 Å². The number of hydrogen-bond donors (Lipinski definition) is 1. The molecule has 5 fully saturated rings. The van der Waals surface area contributed by atoms with Crippen molar-refractivity contribution in [2.24, 2.45) is 23.7 Å². The molecule has 6 rings (SSSR count). The third-order valence-corrected chi connectivity index (χ3v) is 7.76. The van der Waals surface area contributed by atoms with E-state index in [2.05, 4.69) is 16.1 Å². The summed E-state index contributed by atoms with van der Waals surface area (Å²) >= 11 is 0. The zero-order valence-corrected chi connectivity index (χ0v) is 16.6. The van der Waals surface area contributed by atoms with Crippen molar-refractivity contribution in [1.29, 1.82) is 0 Å². The predicted molar refractivity (Wildman–Crippen MR) is 104 cm³/mol. The second-order valence-electron chi connectivity index (χ2n) is 9.94. The van der Waals surface area contributed by atoms with Crippen LogP contribution in [0.5, 0.6) is 0 Å². The van der Waals surface area contributed by atoms with Gasteiger partial charge in [0.25, 0.3) is 5.91 Å². The van der Waals surface area contributed by atoms with E-state index in [1.807, 2.05) is 32.0 Å². The molecule has 27 heavy (non-hydrogen) atoms. The van der Waals surface area contributed by atoms with Crippen LogP contribution in [-0.4, -0.2) is 34.6 Å². The van der Waals surface area contributed by atoms with Crippen LogP contribution in [0.2, 0.25) is 0 Å². The van der Waals surface area contributed by atoms with Crippen molar-refractivity contribution >= 4 is 11.6 Å². The van der Waals surface area contributed by atoms with Gasteiger partial charge in [-0.25, -0.2) is 0 Å². The highest BCUT2D eigenvalue weighted by Crippen LogP contribution is 2.57. The summed E-state index contributed by atoms with van der Waals surface area (Å²) in [6, 6.07) is 8.27. The molecule has 0 spiro atoms. The number of benzene rings is 1. The standard InChI is InChI=1S/C22H31N3O2/c1-22(2)21(26)25(20-17-8-15-7-16(10-17)11-18(20)9-15)24(22)13-14-5-4-6-19(12-14)23(3)27/h4-6,12,15-18,20,23H,7-11,13H2,1-3H3. The number of hydrazine groups is 1. The SMILES string of the molecule is C[NH+]([O-])c1cccc(CN2N(C3C4CC5CC(C4)CC3C5)C(=O)C2(C)C)c1. The van der Waals surface area contributed by atoms with E-state index >= 15 is 0 Å². The van der Waals surface area contributed by atoms with Gasteiger partial charge in [-0.3, -0.25) is 9.80 Å². The van der Waals surface area contributed by atoms with Gasteiger partial charge in [-0.1, -0.05) is 12.1 Å². The van der Waals surface area contributed by atoms with Crippen molar-refractivity contribution in [3.05, 3.63) is 35.0 Å². The molecule has 1 saturated heterocycles. The molecule has 1 atom stereocenters. The Kier molecular flexibility index (Phi) is 3.94. The number of carbonyl (C=O) groups is 1. The number of rotatable bonds is 4. The quantitative estimate of drug-likeness (QED) is 0.830. The molecule has 1 aliphatic heterocycles. The van der Waals surface area contributed by atoms with E-state index in [9.17, 15) is 10.0 Å². The number of nitrogens with one attached hydrogen (secondary N) is 1. The summed E-state index contributed by atoms with van der Waals surface area (Å²) in [5, 5.41) is 16.3. The molecule has 0 aromatic heterocycles. The van der Waals surface area contributed by atoms with Gasteiger partial charge in [0, 0.05) is 12.6 Å². The zero-order chi connectivity index (χ0) is 18.9. The normalized spacial score (nSPS) is 38.1. The van der Waals surface area contributed by atoms with Gasteiger partial charge in [-0.2, -0.15) is 5.01 Å². The average molecular weight is 370 g/mol. The van der Waals surface area contributed by atoms with Crippen LogP contribution in [0.1, 0.15) is 51.5 Å². The minimum absolute atomic E-state index is 0.0914. The minimum Gasteiger partial charge on any atom is -0.629 e. The molecule has 5 heteroatoms. The maximum absolute atomic E-state index is 13.1. The first-order valence-corrected chi connectivity index (χ1v) is 10.6. The lowest BCUT2D eigenvalue weighted by Gasteiger charge is -2.65. The average Bonchev–Trinajstić information content (AvgIpc) is 2.62. The molecule has 4 bridgehead atoms. The maximum atomic E-state index is 13.1. The molecule has 0 radical (unpaired) electrons. The number of quaternary nitrogens is 1. The Morgan fingerprint density at radius 1 is 1.11 bits per heavy atom. The van der Waals surface area contributed by atoms with Crippen LogP contribution >= 0.6 is 0 Å². The lowest BCUT2D eigenvalue weighted by molar-refractivity contribution is -0.751. The lowest BCUT2D eigenvalue weighted by Crippen LogP contribution is -2.98. The number of amides is 1. The topological polar surface area (TPSA) is 51.1 Å². The van der Waals surface area contributed by atoms with Gasteiger partial charge >= 0.3 is 0 Å². The fourth-order valence-corrected chi connectivity index (χ4v) is 6.65. The molecule has 5 nitrogen and oxygen atoms in total. The molecule has 1 unspecified atom stereocenters. The Labute approximate surface area is 161 Å². The molecule has 1 amide bonds. The maximum Gasteiger partial charge on any atom is 0.258 e. The van der Waals surface area contributed by atoms with Crippen LogP contribution in [0.3, 0.4) is 0 Å². The summed E-state index contributed by atoms with van der Waals surface area (Å²) in [7, 11) is 1.61. The fourth-order valence-electron chi connectivity index (χ4n) is 6.65. The van der Waals surface area contributed by atoms with Crippen molar-refractivity contribution in [3.63, 3.8) is 0 Å². The van der Waals surface area contributed by atoms with Crippen molar-refractivity contribution in [1.82, 2.24) is 10.0 Å². The largest absolute Gasteiger partial charge is 0.629 e. The van der Waals surface area contributed by atoms with Gasteiger partial charge < -0.3 is 10.3 Å². The predicted octanol–water partition coefficient (Wildman–Crippen LogP) is 2.49. The first kappa shape index (κ1) is 17.7. The van der Waals surface area contributed by atoms with Crippen molar-refractivity contribution < 1.29 is 9.86 Å². The van der Waals surface area contributed by atoms with Crippen molar-refractivity contribution in [3.8, 4) is 0 Å². The first-order valence-electron chi connectivity index (χ1n) is 10.6. The smallest absolute Gasteiger partial charge is 0.258 e. The van der Waals surface area contributed by atoms with Crippen molar-refractivity contribution in [2.45, 2.75) is 64.1 Å². The molecule has 1 heterocycles. The summed E-state index contributed by atoms with van der Waals surface area (Å²) in [5.41, 5.74) is 1.40. The van der Waals surface area contributed by atoms with Gasteiger partial charge in [-0.15, -0.1) is 0 Å². The van der Waals surface area contributed by atoms with Crippen LogP contribution in [0.25, 0.3) is 0 Å². The van der Waals surface area contributed by atoms with Gasteiger partial charge in [0.2, 0.25) is 0 Å². The molecule has 1 aromatic rings. The second-order valence-corrected chi connectivity index (χ2v) is 9.94. The van der Waals surface area contributed by atoms with Crippen LogP contribution < -0.4 is 5.06 Å². The van der Waals surface area contributed by atoms with Gasteiger partial charge in [0.05, 0.1) is 13.1 Å². The van der Waals surface area contributed by atoms with E-state index in [0.717, 1.165) is 23.1 Å². The van der Waals surface area contributed by atoms with E-state index in [1.54, 1.807) is 7.05 Å². The molecule has 146 valence electrons. The summed E-state index contributed by atoms with van der Waals surface area (Å²) in [6.45, 7) is 4.77. The Balaban J connectivity index is 1.41. The second kappa shape index (κ2) is 6.03. The molecular formula is C22H31N3O2. The third-order valence-electron chi connectivity index (χ3n) is 7.76. The van der Waals surface area contributed by atoms with E-state index in [1.165, 1.54) is 32.1 Å². The van der Waals surface area contributed by atoms with Crippen molar-refractivity contribution in [2.75, 3.05) is 7.05 Å². The molecular weight excluding hydrogens is 338 g/mol. The number of hydrogen-bond acceptors (Lipinski definition) is 3.